The summed E-state index contributed by atoms with van der Waals surface area (Å²) in [6.45, 7) is 2.35. The highest BCUT2D eigenvalue weighted by molar-refractivity contribution is 14.1. The Morgan fingerprint density at radius 3 is 2.79 bits per heavy atom. The number of ether oxygens (including phenoxy) is 1. The second-order valence-corrected chi connectivity index (χ2v) is 9.07. The van der Waals surface area contributed by atoms with Crippen molar-refractivity contribution < 1.29 is 18.7 Å². The largest absolute Gasteiger partial charge is 0.462 e. The number of hydrogen-bond donors (Lipinski definition) is 2. The summed E-state index contributed by atoms with van der Waals surface area (Å²) in [5.74, 6) is -1.04. The van der Waals surface area contributed by atoms with Gasteiger partial charge in [0.25, 0.3) is 5.89 Å². The van der Waals surface area contributed by atoms with E-state index in [-0.39, 0.29) is 5.89 Å². The Bertz CT molecular complexity index is 1140. The first-order valence-corrected chi connectivity index (χ1v) is 10.8. The fourth-order valence-corrected chi connectivity index (χ4v) is 4.04. The highest BCUT2D eigenvalue weighted by atomic mass is 127. The van der Waals surface area contributed by atoms with E-state index in [1.807, 2.05) is 25.1 Å². The van der Waals surface area contributed by atoms with Gasteiger partial charge in [-0.1, -0.05) is 0 Å². The van der Waals surface area contributed by atoms with E-state index in [1.54, 1.807) is 6.07 Å². The Kier molecular flexibility index (Phi) is 5.52. The Morgan fingerprint density at radius 1 is 1.38 bits per heavy atom. The number of oxazole rings is 1. The monoisotopic (exact) mass is 569 g/mol. The summed E-state index contributed by atoms with van der Waals surface area (Å²) in [7, 11) is 0. The molecule has 3 aromatic rings. The molecule has 1 aliphatic carbocycles. The summed E-state index contributed by atoms with van der Waals surface area (Å²) >= 11 is 5.63. The molecule has 4 rings (SSSR count). The van der Waals surface area contributed by atoms with Crippen molar-refractivity contribution in [2.75, 3.05) is 11.9 Å². The molecule has 1 aromatic heterocycles. The fourth-order valence-electron chi connectivity index (χ4n) is 2.89. The molecule has 1 saturated carbocycles. The van der Waals surface area contributed by atoms with Gasteiger partial charge in [-0.3, -0.25) is 4.79 Å². The molecule has 1 amide bonds. The standard InChI is InChI=1S/C20H17BrIN3O4/c1-9-6-11(22)4-5-14(9)24-15-12(20(27)28-8-10-2-3-10)7-13(21)17-16(15)25-19(29-17)18(23)26/h4-7,10,24H,2-3,8H2,1H3,(H2,23,26). The second-order valence-electron chi connectivity index (χ2n) is 6.97. The van der Waals surface area contributed by atoms with Crippen LogP contribution in [0.3, 0.4) is 0 Å². The molecule has 7 nitrogen and oxygen atoms in total. The van der Waals surface area contributed by atoms with Gasteiger partial charge in [-0.2, -0.15) is 0 Å². The molecular formula is C20H17BrIN3O4. The molecule has 1 aliphatic rings. The van der Waals surface area contributed by atoms with Crippen LogP contribution in [0.5, 0.6) is 0 Å². The zero-order chi connectivity index (χ0) is 20.7. The fraction of sp³-hybridized carbons (Fsp3) is 0.250. The Hall–Kier alpha value is -2.14. The molecule has 3 N–H and O–H groups in total. The molecule has 150 valence electrons. The third-order valence-electron chi connectivity index (χ3n) is 4.65. The number of hydrogen-bond acceptors (Lipinski definition) is 6. The minimum absolute atomic E-state index is 0.230. The number of rotatable bonds is 6. The molecular weight excluding hydrogens is 553 g/mol. The number of carbonyl (C=O) groups is 2. The number of fused-ring (bicyclic) bond motifs is 1. The molecule has 0 radical (unpaired) electrons. The molecule has 0 spiro atoms. The van der Waals surface area contributed by atoms with E-state index >= 15 is 0 Å². The average Bonchev–Trinajstić information content (AvgIpc) is 3.38. The summed E-state index contributed by atoms with van der Waals surface area (Å²) in [6.07, 6.45) is 2.16. The van der Waals surface area contributed by atoms with Gasteiger partial charge in [0.1, 0.15) is 5.52 Å². The lowest BCUT2D eigenvalue weighted by atomic mass is 10.1. The van der Waals surface area contributed by atoms with Crippen LogP contribution in [-0.4, -0.2) is 23.5 Å². The average molecular weight is 570 g/mol. The second kappa shape index (κ2) is 7.94. The summed E-state index contributed by atoms with van der Waals surface area (Å²) in [6, 6.07) is 7.49. The number of nitrogens with two attached hydrogens (primary N) is 1. The zero-order valence-electron chi connectivity index (χ0n) is 15.4. The Labute approximate surface area is 188 Å². The Morgan fingerprint density at radius 2 is 2.14 bits per heavy atom. The third-order valence-corrected chi connectivity index (χ3v) is 5.91. The SMILES string of the molecule is Cc1cc(I)ccc1Nc1c(C(=O)OCC2CC2)cc(Br)c2oc(C(N)=O)nc12. The number of aromatic nitrogens is 1. The van der Waals surface area contributed by atoms with Gasteiger partial charge in [-0.25, -0.2) is 9.78 Å². The maximum atomic E-state index is 12.8. The number of benzene rings is 2. The quantitative estimate of drug-likeness (QED) is 0.322. The van der Waals surface area contributed by atoms with Crippen LogP contribution in [0, 0.1) is 16.4 Å². The number of nitrogens with one attached hydrogen (secondary N) is 1. The van der Waals surface area contributed by atoms with Gasteiger partial charge in [0.15, 0.2) is 5.58 Å². The first-order valence-electron chi connectivity index (χ1n) is 8.96. The summed E-state index contributed by atoms with van der Waals surface area (Å²) in [5, 5.41) is 3.28. The van der Waals surface area contributed by atoms with Gasteiger partial charge < -0.3 is 20.2 Å². The number of halogens is 2. The number of esters is 1. The topological polar surface area (TPSA) is 107 Å². The van der Waals surface area contributed by atoms with Crippen molar-refractivity contribution in [3.8, 4) is 0 Å². The van der Waals surface area contributed by atoms with Crippen molar-refractivity contribution in [1.82, 2.24) is 4.98 Å². The lowest BCUT2D eigenvalue weighted by molar-refractivity contribution is 0.0487. The lowest BCUT2D eigenvalue weighted by Crippen LogP contribution is -2.12. The van der Waals surface area contributed by atoms with Crippen molar-refractivity contribution in [3.05, 3.63) is 49.3 Å². The van der Waals surface area contributed by atoms with E-state index in [9.17, 15) is 9.59 Å². The summed E-state index contributed by atoms with van der Waals surface area (Å²) < 4.78 is 12.6. The number of primary amides is 1. The van der Waals surface area contributed by atoms with Crippen molar-refractivity contribution in [3.63, 3.8) is 0 Å². The first kappa shape index (κ1) is 20.1. The molecule has 0 atom stereocenters. The van der Waals surface area contributed by atoms with Gasteiger partial charge in [0.05, 0.1) is 22.3 Å². The number of amides is 1. The van der Waals surface area contributed by atoms with Gasteiger partial charge >= 0.3 is 11.9 Å². The van der Waals surface area contributed by atoms with Gasteiger partial charge in [-0.05, 0) is 94.0 Å². The molecule has 0 saturated heterocycles. The number of carbonyl (C=O) groups excluding carboxylic acids is 2. The summed E-state index contributed by atoms with van der Waals surface area (Å²) in [4.78, 5) is 28.6. The van der Waals surface area contributed by atoms with Crippen molar-refractivity contribution in [1.29, 1.82) is 0 Å². The van der Waals surface area contributed by atoms with E-state index in [0.29, 0.717) is 39.3 Å². The number of aryl methyl sites for hydroxylation is 1. The van der Waals surface area contributed by atoms with Crippen molar-refractivity contribution in [2.45, 2.75) is 19.8 Å². The van der Waals surface area contributed by atoms with Crippen LogP contribution in [0.2, 0.25) is 0 Å². The van der Waals surface area contributed by atoms with Crippen LogP contribution in [0.4, 0.5) is 11.4 Å². The van der Waals surface area contributed by atoms with E-state index in [0.717, 1.165) is 27.7 Å². The minimum Gasteiger partial charge on any atom is -0.462 e. The van der Waals surface area contributed by atoms with Crippen LogP contribution in [0.1, 0.15) is 39.4 Å². The van der Waals surface area contributed by atoms with Crippen LogP contribution < -0.4 is 11.1 Å². The zero-order valence-corrected chi connectivity index (χ0v) is 19.2. The molecule has 1 heterocycles. The van der Waals surface area contributed by atoms with Crippen LogP contribution in [0.15, 0.2) is 33.2 Å². The van der Waals surface area contributed by atoms with Crippen LogP contribution >= 0.6 is 38.5 Å². The number of anilines is 2. The Balaban J connectivity index is 1.84. The van der Waals surface area contributed by atoms with E-state index in [2.05, 4.69) is 48.8 Å². The highest BCUT2D eigenvalue weighted by Crippen LogP contribution is 2.37. The molecule has 0 unspecified atom stereocenters. The van der Waals surface area contributed by atoms with Gasteiger partial charge in [0.2, 0.25) is 0 Å². The third kappa shape index (κ3) is 4.25. The normalized spacial score (nSPS) is 13.5. The summed E-state index contributed by atoms with van der Waals surface area (Å²) in [5.41, 5.74) is 8.47. The maximum Gasteiger partial charge on any atom is 0.340 e. The molecule has 9 heteroatoms. The predicted octanol–water partition coefficient (Wildman–Crippen LogP) is 4.91. The molecule has 0 bridgehead atoms. The van der Waals surface area contributed by atoms with Gasteiger partial charge in [0, 0.05) is 9.26 Å². The number of nitrogens with zero attached hydrogens (tertiary/aromatic N) is 1. The first-order chi connectivity index (χ1) is 13.8. The highest BCUT2D eigenvalue weighted by Gasteiger charge is 2.27. The van der Waals surface area contributed by atoms with Crippen molar-refractivity contribution >= 4 is 72.9 Å². The van der Waals surface area contributed by atoms with Crippen LogP contribution in [-0.2, 0) is 4.74 Å². The minimum atomic E-state index is -0.789. The smallest absolute Gasteiger partial charge is 0.340 e. The molecule has 1 fully saturated rings. The predicted molar refractivity (Wildman–Crippen MR) is 120 cm³/mol. The van der Waals surface area contributed by atoms with E-state index < -0.39 is 11.9 Å². The molecule has 2 aromatic carbocycles. The van der Waals surface area contributed by atoms with Crippen molar-refractivity contribution in [2.24, 2.45) is 11.7 Å². The van der Waals surface area contributed by atoms with Gasteiger partial charge in [-0.15, -0.1) is 0 Å². The maximum absolute atomic E-state index is 12.8. The van der Waals surface area contributed by atoms with E-state index in [1.165, 1.54) is 0 Å². The van der Waals surface area contributed by atoms with Crippen LogP contribution in [0.25, 0.3) is 11.1 Å². The van der Waals surface area contributed by atoms with E-state index in [4.69, 9.17) is 14.9 Å². The molecule has 0 aliphatic heterocycles. The lowest BCUT2D eigenvalue weighted by Gasteiger charge is -2.15. The molecule has 29 heavy (non-hydrogen) atoms.